The Labute approximate surface area is 107 Å². The van der Waals surface area contributed by atoms with Gasteiger partial charge in [-0.15, -0.1) is 11.6 Å². The summed E-state index contributed by atoms with van der Waals surface area (Å²) >= 11 is 5.68. The molecule has 2 N–H and O–H groups in total. The molecule has 1 aromatic carbocycles. The molecule has 0 saturated carbocycles. The molecule has 1 aromatic rings. The van der Waals surface area contributed by atoms with E-state index in [9.17, 15) is 9.90 Å². The summed E-state index contributed by atoms with van der Waals surface area (Å²) in [6, 6.07) is 4.71. The molecule has 0 aliphatic heterocycles. The molecule has 1 amide bonds. The Morgan fingerprint density at radius 2 is 2.12 bits per heavy atom. The predicted octanol–water partition coefficient (Wildman–Crippen LogP) is 2.84. The Morgan fingerprint density at radius 1 is 1.47 bits per heavy atom. The van der Waals surface area contributed by atoms with Gasteiger partial charge in [-0.25, -0.2) is 0 Å². The summed E-state index contributed by atoms with van der Waals surface area (Å²) in [7, 11) is 0. The van der Waals surface area contributed by atoms with E-state index in [0.717, 1.165) is 5.56 Å². The maximum absolute atomic E-state index is 12.0. The maximum Gasteiger partial charge on any atom is 0.251 e. The van der Waals surface area contributed by atoms with Crippen molar-refractivity contribution in [2.45, 2.75) is 32.7 Å². The standard InChI is InChI=1S/C13H18ClNO2/c1-9-8-10(16)4-5-11(9)12(17)15-13(2,3)6-7-14/h4-5,8,16H,6-7H2,1-3H3,(H,15,17). The highest BCUT2D eigenvalue weighted by Crippen LogP contribution is 2.17. The summed E-state index contributed by atoms with van der Waals surface area (Å²) in [6.07, 6.45) is 0.706. The number of benzene rings is 1. The van der Waals surface area contributed by atoms with Crippen LogP contribution in [0, 0.1) is 6.92 Å². The van der Waals surface area contributed by atoms with Gasteiger partial charge < -0.3 is 10.4 Å². The van der Waals surface area contributed by atoms with Crippen molar-refractivity contribution in [1.29, 1.82) is 0 Å². The summed E-state index contributed by atoms with van der Waals surface area (Å²) < 4.78 is 0. The van der Waals surface area contributed by atoms with Crippen molar-refractivity contribution in [2.75, 3.05) is 5.88 Å². The molecule has 0 radical (unpaired) electrons. The first-order valence-electron chi connectivity index (χ1n) is 5.54. The number of phenolic OH excluding ortho intramolecular Hbond substituents is 1. The number of alkyl halides is 1. The SMILES string of the molecule is Cc1cc(O)ccc1C(=O)NC(C)(C)CCCl. The van der Waals surface area contributed by atoms with E-state index < -0.39 is 0 Å². The van der Waals surface area contributed by atoms with E-state index in [2.05, 4.69) is 5.32 Å². The number of nitrogens with one attached hydrogen (secondary N) is 1. The van der Waals surface area contributed by atoms with Gasteiger partial charge in [0.1, 0.15) is 5.75 Å². The molecule has 4 heteroatoms. The molecule has 1 rings (SSSR count). The molecular weight excluding hydrogens is 238 g/mol. The molecule has 0 aliphatic rings. The van der Waals surface area contributed by atoms with Gasteiger partial charge in [0.05, 0.1) is 0 Å². The third-order valence-corrected chi connectivity index (χ3v) is 2.82. The van der Waals surface area contributed by atoms with Gasteiger partial charge >= 0.3 is 0 Å². The summed E-state index contributed by atoms with van der Waals surface area (Å²) in [5.41, 5.74) is 0.998. The van der Waals surface area contributed by atoms with Crippen molar-refractivity contribution in [2.24, 2.45) is 0 Å². The predicted molar refractivity (Wildman–Crippen MR) is 69.7 cm³/mol. The van der Waals surface area contributed by atoms with Gasteiger partial charge in [-0.05, 0) is 51.0 Å². The lowest BCUT2D eigenvalue weighted by Crippen LogP contribution is -2.43. The minimum Gasteiger partial charge on any atom is -0.508 e. The highest BCUT2D eigenvalue weighted by atomic mass is 35.5. The van der Waals surface area contributed by atoms with Crippen molar-refractivity contribution >= 4 is 17.5 Å². The Kier molecular flexibility index (Phi) is 4.40. The monoisotopic (exact) mass is 255 g/mol. The fourth-order valence-electron chi connectivity index (χ4n) is 1.58. The van der Waals surface area contributed by atoms with E-state index in [1.165, 1.54) is 6.07 Å². The van der Waals surface area contributed by atoms with E-state index in [1.54, 1.807) is 19.1 Å². The van der Waals surface area contributed by atoms with Gasteiger partial charge in [0, 0.05) is 17.0 Å². The first-order chi connectivity index (χ1) is 7.85. The molecule has 0 bridgehead atoms. The van der Waals surface area contributed by atoms with Crippen LogP contribution in [0.2, 0.25) is 0 Å². The molecule has 17 heavy (non-hydrogen) atoms. The normalized spacial score (nSPS) is 11.3. The second-order valence-corrected chi connectivity index (χ2v) is 5.15. The summed E-state index contributed by atoms with van der Waals surface area (Å²) in [5.74, 6) is 0.527. The van der Waals surface area contributed by atoms with Crippen LogP contribution in [0.4, 0.5) is 0 Å². The zero-order valence-corrected chi connectivity index (χ0v) is 11.1. The van der Waals surface area contributed by atoms with Crippen molar-refractivity contribution < 1.29 is 9.90 Å². The van der Waals surface area contributed by atoms with Crippen LogP contribution in [0.25, 0.3) is 0 Å². The fraction of sp³-hybridized carbons (Fsp3) is 0.462. The zero-order chi connectivity index (χ0) is 13.1. The van der Waals surface area contributed by atoms with Gasteiger partial charge in [0.15, 0.2) is 0 Å². The van der Waals surface area contributed by atoms with E-state index in [0.29, 0.717) is 17.9 Å². The molecule has 0 fully saturated rings. The lowest BCUT2D eigenvalue weighted by Gasteiger charge is -2.25. The molecule has 0 atom stereocenters. The number of rotatable bonds is 4. The Hall–Kier alpha value is -1.22. The van der Waals surface area contributed by atoms with E-state index >= 15 is 0 Å². The molecule has 0 spiro atoms. The van der Waals surface area contributed by atoms with E-state index in [4.69, 9.17) is 11.6 Å². The first-order valence-corrected chi connectivity index (χ1v) is 6.07. The number of halogens is 1. The van der Waals surface area contributed by atoms with Crippen LogP contribution in [-0.4, -0.2) is 22.4 Å². The first kappa shape index (κ1) is 13.8. The summed E-state index contributed by atoms with van der Waals surface area (Å²) in [4.78, 5) is 12.0. The number of hydrogen-bond donors (Lipinski definition) is 2. The van der Waals surface area contributed by atoms with Gasteiger partial charge in [-0.3, -0.25) is 4.79 Å². The number of hydrogen-bond acceptors (Lipinski definition) is 2. The van der Waals surface area contributed by atoms with Gasteiger partial charge in [-0.1, -0.05) is 0 Å². The number of phenols is 1. The third kappa shape index (κ3) is 3.93. The molecule has 0 heterocycles. The minimum atomic E-state index is -0.330. The van der Waals surface area contributed by atoms with Crippen LogP contribution in [0.5, 0.6) is 5.75 Å². The third-order valence-electron chi connectivity index (χ3n) is 2.63. The van der Waals surface area contributed by atoms with Crippen LogP contribution in [0.3, 0.4) is 0 Å². The zero-order valence-electron chi connectivity index (χ0n) is 10.4. The van der Waals surface area contributed by atoms with Crippen LogP contribution >= 0.6 is 11.6 Å². The average molecular weight is 256 g/mol. The van der Waals surface area contributed by atoms with Crippen LogP contribution in [0.15, 0.2) is 18.2 Å². The molecule has 0 aromatic heterocycles. The summed E-state index contributed by atoms with van der Waals surface area (Å²) in [6.45, 7) is 5.66. The van der Waals surface area contributed by atoms with E-state index in [-0.39, 0.29) is 17.2 Å². The topological polar surface area (TPSA) is 49.3 Å². The van der Waals surface area contributed by atoms with Crippen LogP contribution in [0.1, 0.15) is 36.2 Å². The quantitative estimate of drug-likeness (QED) is 0.813. The van der Waals surface area contributed by atoms with Gasteiger partial charge in [0.25, 0.3) is 5.91 Å². The fourth-order valence-corrected chi connectivity index (χ4v) is 2.05. The molecule has 0 unspecified atom stereocenters. The maximum atomic E-state index is 12.0. The number of carbonyl (C=O) groups excluding carboxylic acids is 1. The van der Waals surface area contributed by atoms with Crippen LogP contribution in [-0.2, 0) is 0 Å². The highest BCUT2D eigenvalue weighted by molar-refractivity contribution is 6.17. The van der Waals surface area contributed by atoms with Crippen molar-refractivity contribution in [3.8, 4) is 5.75 Å². The molecule has 0 aliphatic carbocycles. The second kappa shape index (κ2) is 5.41. The lowest BCUT2D eigenvalue weighted by molar-refractivity contribution is 0.0911. The number of aryl methyl sites for hydroxylation is 1. The Balaban J connectivity index is 2.83. The highest BCUT2D eigenvalue weighted by Gasteiger charge is 2.21. The van der Waals surface area contributed by atoms with Gasteiger partial charge in [0.2, 0.25) is 0 Å². The second-order valence-electron chi connectivity index (χ2n) is 4.78. The van der Waals surface area contributed by atoms with Crippen molar-refractivity contribution in [3.63, 3.8) is 0 Å². The van der Waals surface area contributed by atoms with Crippen molar-refractivity contribution in [3.05, 3.63) is 29.3 Å². The molecule has 0 saturated heterocycles. The number of aromatic hydroxyl groups is 1. The average Bonchev–Trinajstić information content (AvgIpc) is 2.15. The smallest absolute Gasteiger partial charge is 0.251 e. The minimum absolute atomic E-state index is 0.141. The lowest BCUT2D eigenvalue weighted by atomic mass is 10.00. The Bertz CT molecular complexity index is 416. The summed E-state index contributed by atoms with van der Waals surface area (Å²) in [5, 5.41) is 12.2. The number of amides is 1. The van der Waals surface area contributed by atoms with Crippen LogP contribution < -0.4 is 5.32 Å². The largest absolute Gasteiger partial charge is 0.508 e. The Morgan fingerprint density at radius 3 is 2.65 bits per heavy atom. The number of carbonyl (C=O) groups is 1. The van der Waals surface area contributed by atoms with Gasteiger partial charge in [-0.2, -0.15) is 0 Å². The molecule has 3 nitrogen and oxygen atoms in total. The molecule has 94 valence electrons. The van der Waals surface area contributed by atoms with Crippen molar-refractivity contribution in [1.82, 2.24) is 5.32 Å². The van der Waals surface area contributed by atoms with E-state index in [1.807, 2.05) is 13.8 Å². The molecular formula is C13H18ClNO2.